The molecule has 2 aliphatic heterocycles. The molecule has 3 aliphatic rings. The van der Waals surface area contributed by atoms with Crippen LogP contribution in [-0.2, 0) is 18.8 Å². The molecule has 2 aromatic rings. The van der Waals surface area contributed by atoms with Gasteiger partial charge in [0.2, 0.25) is 0 Å². The standard InChI is InChI=1S/C30H37NO4Si/c1-29(2,3)36(23-12-7-5-8-13-23,24-14-9-6-10-15-24)35-20-21-18-22-19-26(32)27-25(28(33)34-4)16-11-17-30(21,27)31-22/h5-10,12-15,21-22,31H,11,16-20H2,1-4H3/t21-,22+,30-/m0/s1. The Morgan fingerprint density at radius 2 is 1.67 bits per heavy atom. The molecule has 1 aliphatic carbocycles. The van der Waals surface area contributed by atoms with Crippen molar-refractivity contribution >= 4 is 30.4 Å². The molecule has 0 amide bonds. The van der Waals surface area contributed by atoms with Crippen LogP contribution in [0.3, 0.4) is 0 Å². The molecule has 0 unspecified atom stereocenters. The van der Waals surface area contributed by atoms with Crippen molar-refractivity contribution in [2.45, 2.75) is 69.5 Å². The number of rotatable bonds is 6. The molecule has 190 valence electrons. The van der Waals surface area contributed by atoms with Crippen LogP contribution in [0, 0.1) is 5.92 Å². The van der Waals surface area contributed by atoms with E-state index < -0.39 is 13.9 Å². The Morgan fingerprint density at radius 1 is 1.06 bits per heavy atom. The van der Waals surface area contributed by atoms with Gasteiger partial charge in [-0.3, -0.25) is 4.79 Å². The van der Waals surface area contributed by atoms with Gasteiger partial charge in [0, 0.05) is 36.1 Å². The topological polar surface area (TPSA) is 64.6 Å². The van der Waals surface area contributed by atoms with Gasteiger partial charge < -0.3 is 14.5 Å². The quantitative estimate of drug-likeness (QED) is 0.478. The molecule has 5 nitrogen and oxygen atoms in total. The maximum absolute atomic E-state index is 13.3. The summed E-state index contributed by atoms with van der Waals surface area (Å²) in [7, 11) is -1.30. The Bertz CT molecular complexity index is 1130. The van der Waals surface area contributed by atoms with Gasteiger partial charge in [-0.1, -0.05) is 81.4 Å². The summed E-state index contributed by atoms with van der Waals surface area (Å²) >= 11 is 0. The summed E-state index contributed by atoms with van der Waals surface area (Å²) in [6, 6.07) is 21.5. The monoisotopic (exact) mass is 503 g/mol. The van der Waals surface area contributed by atoms with E-state index in [0.717, 1.165) is 19.3 Å². The van der Waals surface area contributed by atoms with Gasteiger partial charge >= 0.3 is 5.97 Å². The Kier molecular flexibility index (Phi) is 6.56. The fourth-order valence-corrected chi connectivity index (χ4v) is 11.7. The van der Waals surface area contributed by atoms with Crippen LogP contribution in [0.25, 0.3) is 0 Å². The zero-order valence-electron chi connectivity index (χ0n) is 21.8. The molecule has 0 radical (unpaired) electrons. The first-order chi connectivity index (χ1) is 17.2. The van der Waals surface area contributed by atoms with Crippen molar-refractivity contribution in [2.24, 2.45) is 5.92 Å². The largest absolute Gasteiger partial charge is 0.466 e. The number of carbonyl (C=O) groups excluding carboxylic acids is 2. The first-order valence-corrected chi connectivity index (χ1v) is 15.0. The minimum absolute atomic E-state index is 0.104. The van der Waals surface area contributed by atoms with E-state index in [1.165, 1.54) is 17.5 Å². The van der Waals surface area contributed by atoms with E-state index >= 15 is 0 Å². The fourth-order valence-electron chi connectivity index (χ4n) is 7.10. The molecule has 2 bridgehead atoms. The number of benzene rings is 2. The van der Waals surface area contributed by atoms with Crippen LogP contribution in [0.1, 0.15) is 52.9 Å². The van der Waals surface area contributed by atoms with Crippen LogP contribution in [0.2, 0.25) is 5.04 Å². The molecule has 0 aromatic heterocycles. The maximum atomic E-state index is 13.3. The molecule has 2 fully saturated rings. The highest BCUT2D eigenvalue weighted by Crippen LogP contribution is 2.50. The average Bonchev–Trinajstić information content (AvgIpc) is 3.14. The van der Waals surface area contributed by atoms with E-state index in [9.17, 15) is 9.59 Å². The molecule has 1 N–H and O–H groups in total. The number of fused-ring (bicyclic) bond motifs is 1. The number of carbonyl (C=O) groups is 2. The number of hydrogen-bond donors (Lipinski definition) is 1. The van der Waals surface area contributed by atoms with Crippen molar-refractivity contribution in [2.75, 3.05) is 13.7 Å². The van der Waals surface area contributed by atoms with E-state index in [0.29, 0.717) is 30.6 Å². The van der Waals surface area contributed by atoms with Crippen molar-refractivity contribution in [3.05, 3.63) is 71.8 Å². The molecule has 0 saturated carbocycles. The van der Waals surface area contributed by atoms with Gasteiger partial charge in [-0.05, 0) is 41.1 Å². The van der Waals surface area contributed by atoms with Gasteiger partial charge in [0.1, 0.15) is 0 Å². The third kappa shape index (κ3) is 3.90. The average molecular weight is 504 g/mol. The minimum Gasteiger partial charge on any atom is -0.466 e. The number of Topliss-reactive ketones (excluding diaryl/α,β-unsaturated/α-hetero) is 1. The number of ether oxygens (including phenoxy) is 1. The summed E-state index contributed by atoms with van der Waals surface area (Å²) < 4.78 is 12.4. The Balaban J connectivity index is 1.58. The molecule has 36 heavy (non-hydrogen) atoms. The van der Waals surface area contributed by atoms with Gasteiger partial charge in [-0.2, -0.15) is 0 Å². The van der Waals surface area contributed by atoms with Gasteiger partial charge in [0.25, 0.3) is 8.32 Å². The van der Waals surface area contributed by atoms with Gasteiger partial charge in [0.05, 0.1) is 12.6 Å². The second kappa shape index (κ2) is 9.40. The predicted octanol–water partition coefficient (Wildman–Crippen LogP) is 3.91. The van der Waals surface area contributed by atoms with E-state index in [1.807, 2.05) is 0 Å². The van der Waals surface area contributed by atoms with Crippen LogP contribution in [0.15, 0.2) is 71.8 Å². The smallest absolute Gasteiger partial charge is 0.334 e. The minimum atomic E-state index is -2.70. The van der Waals surface area contributed by atoms with Crippen LogP contribution in [0.4, 0.5) is 0 Å². The van der Waals surface area contributed by atoms with Crippen molar-refractivity contribution in [3.8, 4) is 0 Å². The first-order valence-electron chi connectivity index (χ1n) is 13.1. The van der Waals surface area contributed by atoms with Crippen LogP contribution >= 0.6 is 0 Å². The maximum Gasteiger partial charge on any atom is 0.334 e. The summed E-state index contributed by atoms with van der Waals surface area (Å²) in [6.07, 6.45) is 3.62. The molecule has 6 heteroatoms. The molecule has 2 heterocycles. The molecule has 1 spiro atoms. The highest BCUT2D eigenvalue weighted by molar-refractivity contribution is 6.99. The Morgan fingerprint density at radius 3 is 2.22 bits per heavy atom. The summed E-state index contributed by atoms with van der Waals surface area (Å²) in [4.78, 5) is 26.0. The van der Waals surface area contributed by atoms with Crippen molar-refractivity contribution in [1.82, 2.24) is 5.32 Å². The lowest BCUT2D eigenvalue weighted by atomic mass is 9.68. The SMILES string of the molecule is COC(=O)C1=C2C(=O)C[C@H]3C[C@@H](CO[Si](c4ccccc4)(c4ccccc4)C(C)(C)C)[C@]2(CCC1)N3. The third-order valence-electron chi connectivity index (χ3n) is 8.53. The van der Waals surface area contributed by atoms with Gasteiger partial charge in [0.15, 0.2) is 5.78 Å². The van der Waals surface area contributed by atoms with Crippen molar-refractivity contribution < 1.29 is 18.8 Å². The molecule has 2 saturated heterocycles. The van der Waals surface area contributed by atoms with Crippen molar-refractivity contribution in [1.29, 1.82) is 0 Å². The number of piperidine rings is 1. The molecular formula is C30H37NO4Si. The van der Waals surface area contributed by atoms with E-state index in [2.05, 4.69) is 86.8 Å². The van der Waals surface area contributed by atoms with E-state index in [1.54, 1.807) is 0 Å². The van der Waals surface area contributed by atoms with E-state index in [-0.39, 0.29) is 28.8 Å². The zero-order chi connectivity index (χ0) is 25.6. The zero-order valence-corrected chi connectivity index (χ0v) is 22.8. The van der Waals surface area contributed by atoms with E-state index in [4.69, 9.17) is 9.16 Å². The highest BCUT2D eigenvalue weighted by atomic mass is 28.4. The Labute approximate surface area is 215 Å². The lowest BCUT2D eigenvalue weighted by Gasteiger charge is -2.47. The number of esters is 1. The second-order valence-electron chi connectivity index (χ2n) is 11.5. The van der Waals surface area contributed by atoms with Crippen LogP contribution in [0.5, 0.6) is 0 Å². The third-order valence-corrected chi connectivity index (χ3v) is 13.5. The summed E-state index contributed by atoms with van der Waals surface area (Å²) in [6.45, 7) is 7.40. The molecular weight excluding hydrogens is 466 g/mol. The molecule has 5 rings (SSSR count). The Hall–Kier alpha value is -2.54. The molecule has 2 aromatic carbocycles. The summed E-state index contributed by atoms with van der Waals surface area (Å²) in [5.74, 6) is -0.145. The van der Waals surface area contributed by atoms with Gasteiger partial charge in [-0.15, -0.1) is 0 Å². The number of hydrogen-bond acceptors (Lipinski definition) is 5. The van der Waals surface area contributed by atoms with Crippen LogP contribution < -0.4 is 15.7 Å². The summed E-state index contributed by atoms with van der Waals surface area (Å²) in [5.41, 5.74) is 0.732. The van der Waals surface area contributed by atoms with Crippen LogP contribution in [-0.4, -0.2) is 45.4 Å². The van der Waals surface area contributed by atoms with Gasteiger partial charge in [-0.25, -0.2) is 4.79 Å². The molecule has 3 atom stereocenters. The van der Waals surface area contributed by atoms with Crippen molar-refractivity contribution in [3.63, 3.8) is 0 Å². The number of ketones is 1. The number of methoxy groups -OCH3 is 1. The normalized spacial score (nSPS) is 26.1. The first kappa shape index (κ1) is 25.1. The lowest BCUT2D eigenvalue weighted by molar-refractivity contribution is -0.137. The fraction of sp³-hybridized carbons (Fsp3) is 0.467. The number of nitrogens with one attached hydrogen (secondary N) is 1. The second-order valence-corrected chi connectivity index (χ2v) is 15.9. The predicted molar refractivity (Wildman–Crippen MR) is 144 cm³/mol. The summed E-state index contributed by atoms with van der Waals surface area (Å²) in [5, 5.41) is 6.18. The lowest BCUT2D eigenvalue weighted by Crippen LogP contribution is -2.67. The highest BCUT2D eigenvalue weighted by Gasteiger charge is 2.58.